The van der Waals surface area contributed by atoms with Gasteiger partial charge in [0.15, 0.2) is 11.6 Å². The van der Waals surface area contributed by atoms with Crippen molar-refractivity contribution in [2.75, 3.05) is 6.54 Å². The summed E-state index contributed by atoms with van der Waals surface area (Å²) in [6.45, 7) is 4.40. The summed E-state index contributed by atoms with van der Waals surface area (Å²) in [5.41, 5.74) is 1.35. The van der Waals surface area contributed by atoms with Crippen LogP contribution in [-0.2, 0) is 0 Å². The first-order valence-corrected chi connectivity index (χ1v) is 6.34. The summed E-state index contributed by atoms with van der Waals surface area (Å²) in [5, 5.41) is 3.38. The maximum Gasteiger partial charge on any atom is 0.160 e. The van der Waals surface area contributed by atoms with Crippen molar-refractivity contribution in [1.82, 2.24) is 5.32 Å². The Labute approximate surface area is 115 Å². The quantitative estimate of drug-likeness (QED) is 0.851. The van der Waals surface area contributed by atoms with Crippen molar-refractivity contribution in [3.63, 3.8) is 0 Å². The van der Waals surface area contributed by atoms with E-state index in [0.29, 0.717) is 17.9 Å². The van der Waals surface area contributed by atoms with E-state index in [9.17, 15) is 8.78 Å². The van der Waals surface area contributed by atoms with Crippen LogP contribution in [0.25, 0.3) is 0 Å². The molecule has 0 saturated carbocycles. The zero-order valence-electron chi connectivity index (χ0n) is 10.6. The average molecular weight is 286 g/mol. The fourth-order valence-electron chi connectivity index (χ4n) is 2.05. The molecular weight excluding hydrogens is 272 g/mol. The lowest BCUT2D eigenvalue weighted by Gasteiger charge is -2.19. The topological polar surface area (TPSA) is 25.2 Å². The van der Waals surface area contributed by atoms with Crippen LogP contribution < -0.4 is 5.32 Å². The number of hydrogen-bond donors (Lipinski definition) is 1. The molecule has 1 aromatic heterocycles. The molecule has 2 rings (SSSR count). The van der Waals surface area contributed by atoms with Crippen LogP contribution in [-0.4, -0.2) is 6.54 Å². The molecule has 0 radical (unpaired) electrons. The summed E-state index contributed by atoms with van der Waals surface area (Å²) in [6.07, 6.45) is 1.56. The standard InChI is InChI=1S/C14H14ClF2NO/c1-3-18-14(9-4-5-19-8(9)2)10-6-12(16)13(17)7-11(10)15/h4-7,14,18H,3H2,1-2H3. The number of halogens is 3. The van der Waals surface area contributed by atoms with Crippen LogP contribution in [0.4, 0.5) is 8.78 Å². The van der Waals surface area contributed by atoms with Crippen molar-refractivity contribution < 1.29 is 13.2 Å². The zero-order valence-corrected chi connectivity index (χ0v) is 11.4. The van der Waals surface area contributed by atoms with Crippen LogP contribution in [0.5, 0.6) is 0 Å². The van der Waals surface area contributed by atoms with Crippen LogP contribution in [0, 0.1) is 18.6 Å². The van der Waals surface area contributed by atoms with Crippen LogP contribution in [0.1, 0.15) is 29.9 Å². The predicted molar refractivity (Wildman–Crippen MR) is 70.3 cm³/mol. The molecule has 0 aliphatic carbocycles. The van der Waals surface area contributed by atoms with Crippen molar-refractivity contribution in [2.24, 2.45) is 0 Å². The molecule has 1 heterocycles. The summed E-state index contributed by atoms with van der Waals surface area (Å²) in [6, 6.07) is 3.58. The summed E-state index contributed by atoms with van der Waals surface area (Å²) in [4.78, 5) is 0. The molecule has 0 bridgehead atoms. The molecule has 19 heavy (non-hydrogen) atoms. The molecule has 1 N–H and O–H groups in total. The van der Waals surface area contributed by atoms with Crippen LogP contribution in [0.3, 0.4) is 0 Å². The lowest BCUT2D eigenvalue weighted by molar-refractivity contribution is 0.501. The molecule has 0 spiro atoms. The van der Waals surface area contributed by atoms with Gasteiger partial charge in [0.1, 0.15) is 5.76 Å². The maximum absolute atomic E-state index is 13.4. The van der Waals surface area contributed by atoms with E-state index in [-0.39, 0.29) is 11.1 Å². The molecular formula is C14H14ClF2NO. The fourth-order valence-corrected chi connectivity index (χ4v) is 2.30. The van der Waals surface area contributed by atoms with Crippen LogP contribution in [0.2, 0.25) is 5.02 Å². The van der Waals surface area contributed by atoms with Gasteiger partial charge in [-0.15, -0.1) is 0 Å². The molecule has 102 valence electrons. The van der Waals surface area contributed by atoms with E-state index < -0.39 is 11.6 Å². The first-order valence-electron chi connectivity index (χ1n) is 5.96. The van der Waals surface area contributed by atoms with Gasteiger partial charge in [-0.2, -0.15) is 0 Å². The van der Waals surface area contributed by atoms with Crippen LogP contribution >= 0.6 is 11.6 Å². The van der Waals surface area contributed by atoms with Gasteiger partial charge < -0.3 is 9.73 Å². The number of aryl methyl sites for hydroxylation is 1. The van der Waals surface area contributed by atoms with Crippen molar-refractivity contribution in [1.29, 1.82) is 0 Å². The van der Waals surface area contributed by atoms with Gasteiger partial charge in [0.05, 0.1) is 12.3 Å². The number of hydrogen-bond acceptors (Lipinski definition) is 2. The third-order valence-corrected chi connectivity index (χ3v) is 3.30. The Kier molecular flexibility index (Phi) is 4.22. The third-order valence-electron chi connectivity index (χ3n) is 2.97. The molecule has 1 atom stereocenters. The highest BCUT2D eigenvalue weighted by atomic mass is 35.5. The second-order valence-electron chi connectivity index (χ2n) is 4.21. The maximum atomic E-state index is 13.4. The summed E-state index contributed by atoms with van der Waals surface area (Å²) in [5.74, 6) is -1.15. The third kappa shape index (κ3) is 2.80. The van der Waals surface area contributed by atoms with E-state index in [2.05, 4.69) is 5.32 Å². The second kappa shape index (κ2) is 5.72. The number of furan rings is 1. The summed E-state index contributed by atoms with van der Waals surface area (Å²) in [7, 11) is 0. The van der Waals surface area contributed by atoms with Gasteiger partial charge in [0, 0.05) is 10.6 Å². The lowest BCUT2D eigenvalue weighted by Crippen LogP contribution is -2.22. The Balaban J connectivity index is 2.51. The highest BCUT2D eigenvalue weighted by molar-refractivity contribution is 6.31. The average Bonchev–Trinajstić information content (AvgIpc) is 2.77. The smallest absolute Gasteiger partial charge is 0.160 e. The number of nitrogens with one attached hydrogen (secondary N) is 1. The van der Waals surface area contributed by atoms with Gasteiger partial charge in [-0.25, -0.2) is 8.78 Å². The Morgan fingerprint density at radius 1 is 1.26 bits per heavy atom. The SMILES string of the molecule is CCNC(c1cc(F)c(F)cc1Cl)c1ccoc1C. The van der Waals surface area contributed by atoms with E-state index >= 15 is 0 Å². The van der Waals surface area contributed by atoms with Gasteiger partial charge in [-0.1, -0.05) is 18.5 Å². The van der Waals surface area contributed by atoms with E-state index in [0.717, 1.165) is 17.7 Å². The minimum Gasteiger partial charge on any atom is -0.469 e. The fraction of sp³-hybridized carbons (Fsp3) is 0.286. The minimum absolute atomic E-state index is 0.186. The highest BCUT2D eigenvalue weighted by Gasteiger charge is 2.21. The first-order chi connectivity index (χ1) is 9.04. The van der Waals surface area contributed by atoms with Gasteiger partial charge in [-0.05, 0) is 37.2 Å². The van der Waals surface area contributed by atoms with E-state index in [1.807, 2.05) is 13.8 Å². The zero-order chi connectivity index (χ0) is 14.0. The van der Waals surface area contributed by atoms with Crippen molar-refractivity contribution in [3.05, 3.63) is 58.0 Å². The summed E-state index contributed by atoms with van der Waals surface area (Å²) >= 11 is 6.02. The highest BCUT2D eigenvalue weighted by Crippen LogP contribution is 2.32. The van der Waals surface area contributed by atoms with Crippen molar-refractivity contribution >= 4 is 11.6 Å². The monoisotopic (exact) mass is 285 g/mol. The molecule has 2 aromatic rings. The molecule has 0 aliphatic rings. The predicted octanol–water partition coefficient (Wildman–Crippen LogP) is 4.22. The Morgan fingerprint density at radius 3 is 2.53 bits per heavy atom. The number of rotatable bonds is 4. The molecule has 0 fully saturated rings. The van der Waals surface area contributed by atoms with E-state index in [1.54, 1.807) is 12.3 Å². The van der Waals surface area contributed by atoms with Crippen molar-refractivity contribution in [2.45, 2.75) is 19.9 Å². The van der Waals surface area contributed by atoms with Crippen LogP contribution in [0.15, 0.2) is 28.9 Å². The van der Waals surface area contributed by atoms with E-state index in [1.165, 1.54) is 0 Å². The largest absolute Gasteiger partial charge is 0.469 e. The second-order valence-corrected chi connectivity index (χ2v) is 4.62. The van der Waals surface area contributed by atoms with Gasteiger partial charge in [-0.3, -0.25) is 0 Å². The first kappa shape index (κ1) is 14.0. The Morgan fingerprint density at radius 2 is 1.95 bits per heavy atom. The summed E-state index contributed by atoms with van der Waals surface area (Å²) < 4.78 is 31.8. The lowest BCUT2D eigenvalue weighted by atomic mass is 9.99. The molecule has 5 heteroatoms. The molecule has 2 nitrogen and oxygen atoms in total. The molecule has 0 amide bonds. The Hall–Kier alpha value is -1.39. The molecule has 1 aromatic carbocycles. The van der Waals surface area contributed by atoms with Gasteiger partial charge in [0.25, 0.3) is 0 Å². The Bertz CT molecular complexity index is 583. The molecule has 0 aliphatic heterocycles. The van der Waals surface area contributed by atoms with Gasteiger partial charge in [0.2, 0.25) is 0 Å². The molecule has 1 unspecified atom stereocenters. The normalized spacial score (nSPS) is 12.7. The van der Waals surface area contributed by atoms with Gasteiger partial charge >= 0.3 is 0 Å². The molecule has 0 saturated heterocycles. The number of benzene rings is 1. The minimum atomic E-state index is -0.951. The van der Waals surface area contributed by atoms with E-state index in [4.69, 9.17) is 16.0 Å². The van der Waals surface area contributed by atoms with Crippen molar-refractivity contribution in [3.8, 4) is 0 Å².